The first-order chi connectivity index (χ1) is 12.4. The lowest BCUT2D eigenvalue weighted by Gasteiger charge is -2.26. The molecule has 0 bridgehead atoms. The lowest BCUT2D eigenvalue weighted by molar-refractivity contribution is -0.154. The molecule has 1 aromatic rings. The van der Waals surface area contributed by atoms with Crippen LogP contribution < -0.4 is 4.74 Å². The van der Waals surface area contributed by atoms with Crippen molar-refractivity contribution >= 4 is 33.7 Å². The van der Waals surface area contributed by atoms with E-state index in [-0.39, 0.29) is 35.3 Å². The van der Waals surface area contributed by atoms with Crippen molar-refractivity contribution in [3.8, 4) is 5.75 Å². The van der Waals surface area contributed by atoms with Crippen molar-refractivity contribution in [1.29, 1.82) is 0 Å². The molecule has 1 aliphatic carbocycles. The zero-order valence-electron chi connectivity index (χ0n) is 14.7. The van der Waals surface area contributed by atoms with E-state index in [0.717, 1.165) is 4.90 Å². The zero-order chi connectivity index (χ0) is 18.8. The lowest BCUT2D eigenvalue weighted by atomic mass is 9.85. The van der Waals surface area contributed by atoms with E-state index < -0.39 is 12.0 Å². The summed E-state index contributed by atoms with van der Waals surface area (Å²) in [4.78, 5) is 43.7. The second-order valence-electron chi connectivity index (χ2n) is 7.06. The summed E-state index contributed by atoms with van der Waals surface area (Å²) in [5.41, 5.74) is 0. The average molecular weight is 421 g/mol. The molecule has 1 fully saturated rings. The number of halogens is 1. The van der Waals surface area contributed by atoms with Crippen LogP contribution in [0.4, 0.5) is 0 Å². The predicted octanol–water partition coefficient (Wildman–Crippen LogP) is 3.12. The molecule has 0 spiro atoms. The third-order valence-electron chi connectivity index (χ3n) is 4.76. The molecule has 138 valence electrons. The minimum absolute atomic E-state index is 0.117. The molecular weight excluding hydrogens is 400 g/mol. The maximum atomic E-state index is 12.9. The number of amides is 2. The van der Waals surface area contributed by atoms with E-state index in [9.17, 15) is 14.4 Å². The number of carbonyl (C=O) groups excluding carboxylic acids is 3. The van der Waals surface area contributed by atoms with Gasteiger partial charge in [-0.05, 0) is 53.2 Å². The first-order valence-electron chi connectivity index (χ1n) is 8.74. The fraction of sp³-hybridized carbons (Fsp3) is 0.474. The predicted molar refractivity (Wildman–Crippen MR) is 98.0 cm³/mol. The maximum absolute atomic E-state index is 12.9. The van der Waals surface area contributed by atoms with E-state index in [0.29, 0.717) is 23.9 Å². The molecule has 7 heteroatoms. The number of allylic oxidation sites excluding steroid dienone is 2. The summed E-state index contributed by atoms with van der Waals surface area (Å²) in [5, 5.41) is 0. The third-order valence-corrected chi connectivity index (χ3v) is 5.35. The summed E-state index contributed by atoms with van der Waals surface area (Å²) in [6.07, 6.45) is 6.88. The molecule has 3 rings (SSSR count). The second-order valence-corrected chi connectivity index (χ2v) is 7.81. The smallest absolute Gasteiger partial charge is 0.334 e. The van der Waals surface area contributed by atoms with E-state index in [1.807, 2.05) is 26.0 Å². The number of esters is 1. The monoisotopic (exact) mass is 420 g/mol. The summed E-state index contributed by atoms with van der Waals surface area (Å²) in [6, 6.07) is 2.34. The van der Waals surface area contributed by atoms with Gasteiger partial charge in [0.2, 0.25) is 11.8 Å². The highest BCUT2D eigenvalue weighted by atomic mass is 79.9. The van der Waals surface area contributed by atoms with Gasteiger partial charge in [-0.3, -0.25) is 14.5 Å². The number of hydrogen-bond donors (Lipinski definition) is 0. The van der Waals surface area contributed by atoms with Crippen LogP contribution in [0.5, 0.6) is 5.75 Å². The number of aromatic nitrogens is 1. The molecule has 6 nitrogen and oxygen atoms in total. The molecule has 0 N–H and O–H groups in total. The number of fused-ring (bicyclic) bond motifs is 1. The lowest BCUT2D eigenvalue weighted by Crippen LogP contribution is -2.48. The number of imide groups is 1. The summed E-state index contributed by atoms with van der Waals surface area (Å²) >= 11 is 3.24. The molecule has 2 heterocycles. The summed E-state index contributed by atoms with van der Waals surface area (Å²) in [7, 11) is 0. The van der Waals surface area contributed by atoms with E-state index in [1.165, 1.54) is 0 Å². The fourth-order valence-electron chi connectivity index (χ4n) is 3.51. The molecule has 2 aliphatic rings. The van der Waals surface area contributed by atoms with Crippen LogP contribution in [0.1, 0.15) is 33.1 Å². The molecule has 3 unspecified atom stereocenters. The van der Waals surface area contributed by atoms with Crippen molar-refractivity contribution in [1.82, 2.24) is 9.88 Å². The number of rotatable bonds is 5. The Kier molecular flexibility index (Phi) is 5.55. The molecular formula is C19H21BrN2O4. The van der Waals surface area contributed by atoms with Crippen molar-refractivity contribution < 1.29 is 19.1 Å². The molecule has 2 amide bonds. The topological polar surface area (TPSA) is 76.6 Å². The van der Waals surface area contributed by atoms with Gasteiger partial charge in [0.05, 0.1) is 11.8 Å². The second kappa shape index (κ2) is 7.70. The van der Waals surface area contributed by atoms with Crippen molar-refractivity contribution in [3.05, 3.63) is 35.1 Å². The number of ether oxygens (including phenoxy) is 1. The summed E-state index contributed by atoms with van der Waals surface area (Å²) < 4.78 is 5.86. The van der Waals surface area contributed by atoms with E-state index in [1.54, 1.807) is 18.3 Å². The Labute approximate surface area is 160 Å². The number of pyridine rings is 1. The molecule has 1 saturated heterocycles. The molecule has 1 aromatic heterocycles. The Hall–Kier alpha value is -2.02. The van der Waals surface area contributed by atoms with Crippen LogP contribution >= 0.6 is 15.9 Å². The van der Waals surface area contributed by atoms with Crippen LogP contribution in [-0.4, -0.2) is 33.7 Å². The first-order valence-corrected chi connectivity index (χ1v) is 9.53. The molecule has 3 atom stereocenters. The number of hydrogen-bond acceptors (Lipinski definition) is 5. The van der Waals surface area contributed by atoms with E-state index in [4.69, 9.17) is 4.74 Å². The largest absolute Gasteiger partial charge is 0.422 e. The highest BCUT2D eigenvalue weighted by Gasteiger charge is 2.51. The third kappa shape index (κ3) is 3.58. The van der Waals surface area contributed by atoms with E-state index in [2.05, 4.69) is 20.9 Å². The van der Waals surface area contributed by atoms with Crippen molar-refractivity contribution in [2.24, 2.45) is 17.8 Å². The Morgan fingerprint density at radius 2 is 1.88 bits per heavy atom. The molecule has 0 radical (unpaired) electrons. The zero-order valence-corrected chi connectivity index (χ0v) is 16.3. The number of likely N-dealkylation sites (tertiary alicyclic amines) is 1. The minimum atomic E-state index is -0.923. The normalized spacial score (nSPS) is 23.3. The summed E-state index contributed by atoms with van der Waals surface area (Å²) in [6.45, 7) is 3.89. The standard InChI is InChI=1S/C19H21BrN2O4/c1-11(2)10-14(19(25)26-15-8-5-9-21-16(15)20)22-17(23)12-6-3-4-7-13(12)18(22)24/h3-5,8-9,11-14H,6-7,10H2,1-2H3. The molecule has 0 aromatic carbocycles. The Morgan fingerprint density at radius 1 is 1.27 bits per heavy atom. The Bertz CT molecular complexity index is 736. The minimum Gasteiger partial charge on any atom is -0.422 e. The van der Waals surface area contributed by atoms with Gasteiger partial charge in [-0.25, -0.2) is 9.78 Å². The summed E-state index contributed by atoms with van der Waals surface area (Å²) in [5.74, 6) is -1.48. The van der Waals surface area contributed by atoms with Gasteiger partial charge in [0.1, 0.15) is 10.6 Å². The van der Waals surface area contributed by atoms with Crippen molar-refractivity contribution in [2.45, 2.75) is 39.2 Å². The van der Waals surface area contributed by atoms with Crippen LogP contribution in [0.2, 0.25) is 0 Å². The number of nitrogens with zero attached hydrogens (tertiary/aromatic N) is 2. The van der Waals surface area contributed by atoms with Gasteiger partial charge < -0.3 is 4.74 Å². The quantitative estimate of drug-likeness (QED) is 0.316. The fourth-order valence-corrected chi connectivity index (χ4v) is 3.84. The first kappa shape index (κ1) is 18.8. The van der Waals surface area contributed by atoms with Crippen LogP contribution in [0.25, 0.3) is 0 Å². The average Bonchev–Trinajstić information content (AvgIpc) is 2.86. The van der Waals surface area contributed by atoms with Gasteiger partial charge in [0.15, 0.2) is 5.75 Å². The SMILES string of the molecule is CC(C)CC(C(=O)Oc1cccnc1Br)N1C(=O)C2CC=CCC2C1=O. The molecule has 1 aliphatic heterocycles. The highest BCUT2D eigenvalue weighted by Crippen LogP contribution is 2.37. The van der Waals surface area contributed by atoms with Crippen LogP contribution in [-0.2, 0) is 14.4 Å². The highest BCUT2D eigenvalue weighted by molar-refractivity contribution is 9.10. The van der Waals surface area contributed by atoms with Crippen molar-refractivity contribution in [3.63, 3.8) is 0 Å². The Morgan fingerprint density at radius 3 is 2.42 bits per heavy atom. The van der Waals surface area contributed by atoms with Gasteiger partial charge in [-0.1, -0.05) is 26.0 Å². The maximum Gasteiger partial charge on any atom is 0.334 e. The van der Waals surface area contributed by atoms with Crippen molar-refractivity contribution in [2.75, 3.05) is 0 Å². The van der Waals surface area contributed by atoms with Gasteiger partial charge >= 0.3 is 5.97 Å². The number of carbonyl (C=O) groups is 3. The van der Waals surface area contributed by atoms with Gasteiger partial charge in [0, 0.05) is 6.20 Å². The van der Waals surface area contributed by atoms with Crippen LogP contribution in [0, 0.1) is 17.8 Å². The van der Waals surface area contributed by atoms with Gasteiger partial charge in [-0.2, -0.15) is 0 Å². The van der Waals surface area contributed by atoms with Gasteiger partial charge in [0.25, 0.3) is 0 Å². The van der Waals surface area contributed by atoms with Gasteiger partial charge in [-0.15, -0.1) is 0 Å². The van der Waals surface area contributed by atoms with Crippen LogP contribution in [0.3, 0.4) is 0 Å². The van der Waals surface area contributed by atoms with Crippen LogP contribution in [0.15, 0.2) is 35.1 Å². The Balaban J connectivity index is 1.86. The molecule has 0 saturated carbocycles. The van der Waals surface area contributed by atoms with E-state index >= 15 is 0 Å². The molecule has 26 heavy (non-hydrogen) atoms.